The molecule has 1 aromatic heterocycles. The minimum Gasteiger partial charge on any atom is -0.490 e. The van der Waals surface area contributed by atoms with Crippen LogP contribution in [-0.4, -0.2) is 29.3 Å². The zero-order chi connectivity index (χ0) is 19.9. The number of Topliss-reactive ketones (excluding diaryl/α,β-unsaturated/α-hetero) is 1. The number of thiophene rings is 1. The molecule has 5 heteroatoms. The first-order valence-electron chi connectivity index (χ1n) is 10.2. The number of thiol groups is 1. The maximum atomic E-state index is 12.7. The topological polar surface area (TPSA) is 29.5 Å². The molecule has 0 N–H and O–H groups in total. The van der Waals surface area contributed by atoms with Gasteiger partial charge >= 0.3 is 0 Å². The molecule has 2 aromatic rings. The van der Waals surface area contributed by atoms with E-state index in [0.29, 0.717) is 0 Å². The fraction of sp³-hybridized carbons (Fsp3) is 0.522. The van der Waals surface area contributed by atoms with Crippen LogP contribution in [-0.2, 0) is 12.8 Å². The van der Waals surface area contributed by atoms with Gasteiger partial charge in [0.05, 0.1) is 0 Å². The lowest BCUT2D eigenvalue weighted by Gasteiger charge is -2.29. The summed E-state index contributed by atoms with van der Waals surface area (Å²) in [6.45, 7) is 8.21. The number of carbonyl (C=O) groups excluding carboxylic acids is 1. The predicted octanol–water partition coefficient (Wildman–Crippen LogP) is 5.82. The summed E-state index contributed by atoms with van der Waals surface area (Å²) in [6.07, 6.45) is 5.39. The summed E-state index contributed by atoms with van der Waals surface area (Å²) in [6, 6.07) is 8.23. The summed E-state index contributed by atoms with van der Waals surface area (Å²) in [5.74, 6) is 1.07. The van der Waals surface area contributed by atoms with Crippen LogP contribution in [0.1, 0.15) is 60.8 Å². The van der Waals surface area contributed by atoms with Crippen LogP contribution in [0.15, 0.2) is 24.3 Å². The Morgan fingerprint density at radius 1 is 1.25 bits per heavy atom. The normalized spacial score (nSPS) is 20.0. The Labute approximate surface area is 177 Å². The van der Waals surface area contributed by atoms with Crippen molar-refractivity contribution in [2.24, 2.45) is 5.41 Å². The molecule has 1 aromatic carbocycles. The van der Waals surface area contributed by atoms with Gasteiger partial charge < -0.3 is 4.74 Å². The average molecular weight is 416 g/mol. The van der Waals surface area contributed by atoms with Gasteiger partial charge in [-0.2, -0.15) is 0 Å². The van der Waals surface area contributed by atoms with Gasteiger partial charge in [-0.1, -0.05) is 38.8 Å². The van der Waals surface area contributed by atoms with Crippen molar-refractivity contribution in [3.05, 3.63) is 40.3 Å². The summed E-state index contributed by atoms with van der Waals surface area (Å²) in [5, 5.41) is 0. The van der Waals surface area contributed by atoms with E-state index in [1.807, 2.05) is 12.1 Å². The van der Waals surface area contributed by atoms with Crippen LogP contribution in [0.25, 0.3) is 10.4 Å². The molecule has 1 aliphatic carbocycles. The third kappa shape index (κ3) is 4.03. The van der Waals surface area contributed by atoms with E-state index < -0.39 is 0 Å². The molecular formula is C23H29NO2S2. The summed E-state index contributed by atoms with van der Waals surface area (Å²) in [5.41, 5.74) is 3.53. The number of piperidine rings is 1. The molecule has 28 heavy (non-hydrogen) atoms. The van der Waals surface area contributed by atoms with E-state index in [-0.39, 0.29) is 17.3 Å². The Morgan fingerprint density at radius 3 is 2.68 bits per heavy atom. The number of hydrogen-bond acceptors (Lipinski definition) is 5. The maximum Gasteiger partial charge on any atom is 0.161 e. The number of benzene rings is 1. The first-order chi connectivity index (χ1) is 13.3. The molecule has 1 aliphatic heterocycles. The largest absolute Gasteiger partial charge is 0.490 e. The van der Waals surface area contributed by atoms with Crippen molar-refractivity contribution < 1.29 is 9.53 Å². The van der Waals surface area contributed by atoms with Crippen molar-refractivity contribution in [3.63, 3.8) is 0 Å². The van der Waals surface area contributed by atoms with Crippen molar-refractivity contribution in [2.45, 2.75) is 59.0 Å². The third-order valence-corrected chi connectivity index (χ3v) is 7.70. The molecule has 0 unspecified atom stereocenters. The standard InChI is InChI=1S/C23H29NO2S2/c1-15(25)21-18-14-23(2,3)11-8-20(18)28-22(21)17-6-4-5-7-19(17)26-16-9-12-24(27)13-10-16/h4-7,16,27H,8-14H2,1-3H3. The molecule has 4 rings (SSSR count). The second-order valence-electron chi connectivity index (χ2n) is 8.87. The van der Waals surface area contributed by atoms with Crippen molar-refractivity contribution >= 4 is 29.9 Å². The Kier molecular flexibility index (Phi) is 5.60. The van der Waals surface area contributed by atoms with Gasteiger partial charge in [0, 0.05) is 34.0 Å². The van der Waals surface area contributed by atoms with E-state index in [1.54, 1.807) is 18.3 Å². The monoisotopic (exact) mass is 415 g/mol. The van der Waals surface area contributed by atoms with Crippen LogP contribution >= 0.6 is 24.2 Å². The predicted molar refractivity (Wildman–Crippen MR) is 120 cm³/mol. The minimum absolute atomic E-state index is 0.170. The molecule has 0 spiro atoms. The van der Waals surface area contributed by atoms with Crippen molar-refractivity contribution in [2.75, 3.05) is 13.1 Å². The van der Waals surface area contributed by atoms with Crippen LogP contribution in [0, 0.1) is 5.41 Å². The van der Waals surface area contributed by atoms with Crippen molar-refractivity contribution in [1.82, 2.24) is 4.31 Å². The Balaban J connectivity index is 1.72. The van der Waals surface area contributed by atoms with Gasteiger partial charge in [-0.05, 0) is 62.1 Å². The summed E-state index contributed by atoms with van der Waals surface area (Å²) in [7, 11) is 0. The summed E-state index contributed by atoms with van der Waals surface area (Å²) < 4.78 is 8.48. The number of carbonyl (C=O) groups is 1. The molecular weight excluding hydrogens is 386 g/mol. The molecule has 0 saturated carbocycles. The molecule has 1 saturated heterocycles. The van der Waals surface area contributed by atoms with Crippen LogP contribution in [0.2, 0.25) is 0 Å². The van der Waals surface area contributed by atoms with Gasteiger partial charge in [-0.25, -0.2) is 0 Å². The van der Waals surface area contributed by atoms with E-state index in [0.717, 1.165) is 60.5 Å². The number of fused-ring (bicyclic) bond motifs is 1. The summed E-state index contributed by atoms with van der Waals surface area (Å²) >= 11 is 6.24. The van der Waals surface area contributed by atoms with Gasteiger partial charge in [-0.3, -0.25) is 9.10 Å². The smallest absolute Gasteiger partial charge is 0.161 e. The molecule has 0 amide bonds. The first-order valence-corrected chi connectivity index (χ1v) is 11.4. The Bertz CT molecular complexity index is 879. The van der Waals surface area contributed by atoms with E-state index in [9.17, 15) is 4.79 Å². The van der Waals surface area contributed by atoms with Crippen LogP contribution in [0.4, 0.5) is 0 Å². The fourth-order valence-corrected chi connectivity index (χ4v) is 6.01. The zero-order valence-electron chi connectivity index (χ0n) is 17.0. The van der Waals surface area contributed by atoms with Crippen molar-refractivity contribution in [1.29, 1.82) is 0 Å². The fourth-order valence-electron chi connectivity index (χ4n) is 4.38. The first kappa shape index (κ1) is 20.0. The molecule has 3 nitrogen and oxygen atoms in total. The van der Waals surface area contributed by atoms with Crippen LogP contribution in [0.5, 0.6) is 5.75 Å². The number of para-hydroxylation sites is 1. The number of ketones is 1. The van der Waals surface area contributed by atoms with Crippen LogP contribution in [0.3, 0.4) is 0 Å². The number of hydrogen-bond donors (Lipinski definition) is 1. The van der Waals surface area contributed by atoms with Gasteiger partial charge in [0.1, 0.15) is 11.9 Å². The number of ether oxygens (including phenoxy) is 1. The lowest BCUT2D eigenvalue weighted by Crippen LogP contribution is -2.33. The zero-order valence-corrected chi connectivity index (χ0v) is 18.7. The lowest BCUT2D eigenvalue weighted by atomic mass is 9.75. The molecule has 0 bridgehead atoms. The molecule has 2 heterocycles. The molecule has 0 atom stereocenters. The van der Waals surface area contributed by atoms with Crippen molar-refractivity contribution in [3.8, 4) is 16.2 Å². The third-order valence-electron chi connectivity index (χ3n) is 5.97. The molecule has 150 valence electrons. The maximum absolute atomic E-state index is 12.7. The SMILES string of the molecule is CC(=O)c1c(-c2ccccc2OC2CCN(S)CC2)sc2c1CC(C)(C)CC2. The number of nitrogens with zero attached hydrogens (tertiary/aromatic N) is 1. The Morgan fingerprint density at radius 2 is 1.96 bits per heavy atom. The highest BCUT2D eigenvalue weighted by atomic mass is 32.1. The highest BCUT2D eigenvalue weighted by Crippen LogP contribution is 2.47. The van der Waals surface area contributed by atoms with Gasteiger partial charge in [-0.15, -0.1) is 11.3 Å². The van der Waals surface area contributed by atoms with E-state index in [2.05, 4.69) is 43.1 Å². The minimum atomic E-state index is 0.170. The highest BCUT2D eigenvalue weighted by molar-refractivity contribution is 7.77. The van der Waals surface area contributed by atoms with Gasteiger partial charge in [0.15, 0.2) is 5.78 Å². The van der Waals surface area contributed by atoms with E-state index in [4.69, 9.17) is 4.74 Å². The summed E-state index contributed by atoms with van der Waals surface area (Å²) in [4.78, 5) is 15.2. The quantitative estimate of drug-likeness (QED) is 0.504. The second kappa shape index (κ2) is 7.85. The molecule has 0 radical (unpaired) electrons. The Hall–Kier alpha value is -1.30. The molecule has 1 fully saturated rings. The second-order valence-corrected chi connectivity index (χ2v) is 10.5. The van der Waals surface area contributed by atoms with Crippen LogP contribution < -0.4 is 4.74 Å². The van der Waals surface area contributed by atoms with Gasteiger partial charge in [0.25, 0.3) is 0 Å². The van der Waals surface area contributed by atoms with E-state index in [1.165, 1.54) is 16.9 Å². The average Bonchev–Trinajstić information content (AvgIpc) is 3.01. The number of rotatable bonds is 4. The highest BCUT2D eigenvalue weighted by Gasteiger charge is 2.32. The van der Waals surface area contributed by atoms with E-state index >= 15 is 0 Å². The van der Waals surface area contributed by atoms with Gasteiger partial charge in [0.2, 0.25) is 0 Å². The number of aryl methyl sites for hydroxylation is 1. The lowest BCUT2D eigenvalue weighted by molar-refractivity contribution is 0.101. The molecule has 2 aliphatic rings.